The van der Waals surface area contributed by atoms with Crippen molar-refractivity contribution in [2.24, 2.45) is 0 Å². The standard InChI is InChI=1S/C18H19NO2/c1-19-16(14-8-4-2-5-9-14)13-21-17(12-18(19)20)15-10-6-3-7-11-15/h2-11,16-17H,12-13H2,1H3. The Morgan fingerprint density at radius 1 is 0.952 bits per heavy atom. The third kappa shape index (κ3) is 2.98. The van der Waals surface area contributed by atoms with Gasteiger partial charge in [-0.05, 0) is 11.1 Å². The fourth-order valence-electron chi connectivity index (χ4n) is 2.73. The zero-order chi connectivity index (χ0) is 14.7. The highest BCUT2D eigenvalue weighted by Crippen LogP contribution is 2.31. The van der Waals surface area contributed by atoms with Gasteiger partial charge in [-0.1, -0.05) is 60.7 Å². The predicted molar refractivity (Wildman–Crippen MR) is 81.7 cm³/mol. The normalized spacial score (nSPS) is 22.9. The van der Waals surface area contributed by atoms with Crippen LogP contribution in [0.1, 0.15) is 29.7 Å². The smallest absolute Gasteiger partial charge is 0.225 e. The number of hydrogen-bond donors (Lipinski definition) is 0. The molecule has 1 saturated heterocycles. The number of benzene rings is 2. The first-order valence-electron chi connectivity index (χ1n) is 7.23. The highest BCUT2D eigenvalue weighted by molar-refractivity contribution is 5.77. The average Bonchev–Trinajstić information content (AvgIpc) is 2.69. The lowest BCUT2D eigenvalue weighted by molar-refractivity contribution is -0.131. The van der Waals surface area contributed by atoms with Crippen LogP contribution in [-0.4, -0.2) is 24.5 Å². The van der Waals surface area contributed by atoms with Gasteiger partial charge >= 0.3 is 0 Å². The van der Waals surface area contributed by atoms with E-state index < -0.39 is 0 Å². The highest BCUT2D eigenvalue weighted by Gasteiger charge is 2.30. The third-order valence-electron chi connectivity index (χ3n) is 4.03. The molecule has 0 bridgehead atoms. The number of hydrogen-bond acceptors (Lipinski definition) is 2. The second-order valence-electron chi connectivity index (χ2n) is 5.37. The lowest BCUT2D eigenvalue weighted by Crippen LogP contribution is -2.31. The summed E-state index contributed by atoms with van der Waals surface area (Å²) in [4.78, 5) is 14.2. The Labute approximate surface area is 125 Å². The summed E-state index contributed by atoms with van der Waals surface area (Å²) in [6.07, 6.45) is 0.235. The van der Waals surface area contributed by atoms with Crippen LogP contribution in [0.4, 0.5) is 0 Å². The second-order valence-corrected chi connectivity index (χ2v) is 5.37. The van der Waals surface area contributed by atoms with Gasteiger partial charge in [-0.3, -0.25) is 4.79 Å². The topological polar surface area (TPSA) is 29.5 Å². The Morgan fingerprint density at radius 2 is 1.52 bits per heavy atom. The zero-order valence-corrected chi connectivity index (χ0v) is 12.1. The molecule has 2 unspecified atom stereocenters. The summed E-state index contributed by atoms with van der Waals surface area (Å²) >= 11 is 0. The number of ether oxygens (including phenoxy) is 1. The first kappa shape index (κ1) is 13.8. The Hall–Kier alpha value is -2.13. The zero-order valence-electron chi connectivity index (χ0n) is 12.1. The molecule has 0 aliphatic carbocycles. The van der Waals surface area contributed by atoms with Crippen molar-refractivity contribution in [1.82, 2.24) is 4.90 Å². The number of carbonyl (C=O) groups excluding carboxylic acids is 1. The molecule has 108 valence electrons. The Morgan fingerprint density at radius 3 is 2.14 bits per heavy atom. The van der Waals surface area contributed by atoms with Crippen molar-refractivity contribution in [1.29, 1.82) is 0 Å². The first-order valence-corrected chi connectivity index (χ1v) is 7.23. The molecule has 21 heavy (non-hydrogen) atoms. The molecular formula is C18H19NO2. The minimum absolute atomic E-state index is 0.0209. The SMILES string of the molecule is CN1C(=O)CC(c2ccccc2)OCC1c1ccccc1. The Kier molecular flexibility index (Phi) is 4.02. The van der Waals surface area contributed by atoms with Gasteiger partial charge in [0.25, 0.3) is 0 Å². The van der Waals surface area contributed by atoms with Crippen LogP contribution in [0.5, 0.6) is 0 Å². The lowest BCUT2D eigenvalue weighted by atomic mass is 10.1. The monoisotopic (exact) mass is 281 g/mol. The minimum Gasteiger partial charge on any atom is -0.370 e. The summed E-state index contributed by atoms with van der Waals surface area (Å²) in [5, 5.41) is 0. The molecule has 0 radical (unpaired) electrons. The Bertz CT molecular complexity index is 597. The number of nitrogens with zero attached hydrogens (tertiary/aromatic N) is 1. The number of amides is 1. The quantitative estimate of drug-likeness (QED) is 0.845. The van der Waals surface area contributed by atoms with Crippen LogP contribution in [-0.2, 0) is 9.53 Å². The van der Waals surface area contributed by atoms with Crippen LogP contribution in [0, 0.1) is 0 Å². The highest BCUT2D eigenvalue weighted by atomic mass is 16.5. The molecule has 1 heterocycles. The third-order valence-corrected chi connectivity index (χ3v) is 4.03. The van der Waals surface area contributed by atoms with Gasteiger partial charge < -0.3 is 9.64 Å². The maximum Gasteiger partial charge on any atom is 0.225 e. The molecule has 1 amide bonds. The average molecular weight is 281 g/mol. The summed E-state index contributed by atoms with van der Waals surface area (Å²) in [5.74, 6) is 0.121. The predicted octanol–water partition coefficient (Wildman–Crippen LogP) is 3.35. The second kappa shape index (κ2) is 6.10. The van der Waals surface area contributed by atoms with E-state index in [1.54, 1.807) is 4.90 Å². The summed E-state index contributed by atoms with van der Waals surface area (Å²) in [6, 6.07) is 20.0. The molecule has 2 aromatic carbocycles. The molecule has 0 N–H and O–H groups in total. The van der Waals surface area contributed by atoms with Crippen LogP contribution in [0.2, 0.25) is 0 Å². The molecule has 0 spiro atoms. The van der Waals surface area contributed by atoms with E-state index in [2.05, 4.69) is 0 Å². The van der Waals surface area contributed by atoms with Crippen molar-refractivity contribution >= 4 is 5.91 Å². The minimum atomic E-state index is -0.158. The van der Waals surface area contributed by atoms with Crippen molar-refractivity contribution in [3.05, 3.63) is 71.8 Å². The lowest BCUT2D eigenvalue weighted by Gasteiger charge is -2.25. The van der Waals surface area contributed by atoms with E-state index in [1.165, 1.54) is 0 Å². The molecule has 1 fully saturated rings. The van der Waals surface area contributed by atoms with Crippen molar-refractivity contribution in [3.8, 4) is 0 Å². The maximum atomic E-state index is 12.4. The molecule has 3 heteroatoms. The number of likely N-dealkylation sites (N-methyl/N-ethyl adjacent to an activating group) is 1. The van der Waals surface area contributed by atoms with Crippen LogP contribution in [0.3, 0.4) is 0 Å². The van der Waals surface area contributed by atoms with Gasteiger partial charge in [0.05, 0.1) is 25.2 Å². The van der Waals surface area contributed by atoms with Crippen molar-refractivity contribution in [2.75, 3.05) is 13.7 Å². The molecule has 3 nitrogen and oxygen atoms in total. The molecule has 2 atom stereocenters. The molecule has 1 aliphatic heterocycles. The maximum absolute atomic E-state index is 12.4. The van der Waals surface area contributed by atoms with Crippen molar-refractivity contribution in [2.45, 2.75) is 18.6 Å². The van der Waals surface area contributed by atoms with Crippen LogP contribution in [0.25, 0.3) is 0 Å². The Balaban J connectivity index is 1.84. The van der Waals surface area contributed by atoms with E-state index in [-0.39, 0.29) is 18.1 Å². The number of carbonyl (C=O) groups is 1. The van der Waals surface area contributed by atoms with Gasteiger partial charge in [0.1, 0.15) is 0 Å². The van der Waals surface area contributed by atoms with Gasteiger partial charge in [-0.25, -0.2) is 0 Å². The molecule has 0 aromatic heterocycles. The van der Waals surface area contributed by atoms with Gasteiger partial charge in [0.15, 0.2) is 0 Å². The van der Waals surface area contributed by atoms with E-state index in [0.717, 1.165) is 11.1 Å². The van der Waals surface area contributed by atoms with Gasteiger partial charge in [-0.15, -0.1) is 0 Å². The summed E-state index contributed by atoms with van der Waals surface area (Å²) in [5.41, 5.74) is 2.18. The molecule has 2 aromatic rings. The van der Waals surface area contributed by atoms with E-state index in [0.29, 0.717) is 13.0 Å². The van der Waals surface area contributed by atoms with Gasteiger partial charge in [0.2, 0.25) is 5.91 Å². The van der Waals surface area contributed by atoms with E-state index in [4.69, 9.17) is 4.74 Å². The first-order chi connectivity index (χ1) is 10.3. The van der Waals surface area contributed by atoms with Crippen LogP contribution in [0.15, 0.2) is 60.7 Å². The molecule has 1 aliphatic rings. The van der Waals surface area contributed by atoms with E-state index in [9.17, 15) is 4.79 Å². The van der Waals surface area contributed by atoms with Gasteiger partial charge in [-0.2, -0.15) is 0 Å². The van der Waals surface area contributed by atoms with Gasteiger partial charge in [0, 0.05) is 7.05 Å². The molecule has 3 rings (SSSR count). The van der Waals surface area contributed by atoms with Crippen LogP contribution >= 0.6 is 0 Å². The van der Waals surface area contributed by atoms with E-state index in [1.807, 2.05) is 67.7 Å². The summed E-state index contributed by atoms with van der Waals surface area (Å²) in [6.45, 7) is 0.520. The van der Waals surface area contributed by atoms with Crippen LogP contribution < -0.4 is 0 Å². The van der Waals surface area contributed by atoms with E-state index >= 15 is 0 Å². The molecule has 0 saturated carbocycles. The fourth-order valence-corrected chi connectivity index (χ4v) is 2.73. The molecular weight excluding hydrogens is 262 g/mol. The van der Waals surface area contributed by atoms with Crippen molar-refractivity contribution < 1.29 is 9.53 Å². The number of rotatable bonds is 2. The summed E-state index contributed by atoms with van der Waals surface area (Å²) in [7, 11) is 1.86. The fraction of sp³-hybridized carbons (Fsp3) is 0.278. The summed E-state index contributed by atoms with van der Waals surface area (Å²) < 4.78 is 6.03. The van der Waals surface area contributed by atoms with Crippen molar-refractivity contribution in [3.63, 3.8) is 0 Å². The largest absolute Gasteiger partial charge is 0.370 e.